The van der Waals surface area contributed by atoms with Crippen LogP contribution in [0.4, 0.5) is 0 Å². The molecule has 2 heterocycles. The fourth-order valence-electron chi connectivity index (χ4n) is 2.52. The number of hydrogen-bond acceptors (Lipinski definition) is 2. The van der Waals surface area contributed by atoms with Crippen molar-refractivity contribution in [2.75, 3.05) is 13.1 Å². The second-order valence-electron chi connectivity index (χ2n) is 5.99. The molecule has 0 saturated carbocycles. The molecule has 0 amide bonds. The molecule has 3 heteroatoms. The molecule has 1 saturated heterocycles. The van der Waals surface area contributed by atoms with Gasteiger partial charge in [-0.15, -0.1) is 0 Å². The monoisotopic (exact) mass is 221 g/mol. The average Bonchev–Trinajstić information content (AvgIpc) is 2.74. The van der Waals surface area contributed by atoms with Crippen molar-refractivity contribution in [1.29, 1.82) is 0 Å². The van der Waals surface area contributed by atoms with Crippen LogP contribution >= 0.6 is 0 Å². The first-order chi connectivity index (χ1) is 7.47. The van der Waals surface area contributed by atoms with E-state index in [2.05, 4.69) is 37.4 Å². The van der Waals surface area contributed by atoms with Crippen LogP contribution in [0.1, 0.15) is 38.4 Å². The van der Waals surface area contributed by atoms with Crippen molar-refractivity contribution >= 4 is 0 Å². The molecule has 1 atom stereocenters. The third-order valence-corrected chi connectivity index (χ3v) is 3.29. The Hall–Kier alpha value is -0.830. The highest BCUT2D eigenvalue weighted by Crippen LogP contribution is 2.27. The van der Waals surface area contributed by atoms with E-state index in [1.54, 1.807) is 0 Å². The first-order valence-corrected chi connectivity index (χ1v) is 6.20. The van der Waals surface area contributed by atoms with E-state index in [9.17, 15) is 0 Å². The second kappa shape index (κ2) is 4.21. The minimum absolute atomic E-state index is 0.155. The molecule has 1 aliphatic rings. The van der Waals surface area contributed by atoms with Gasteiger partial charge in [0.15, 0.2) is 0 Å². The summed E-state index contributed by atoms with van der Waals surface area (Å²) in [6.07, 6.45) is 4.67. The van der Waals surface area contributed by atoms with E-state index in [1.165, 1.54) is 37.2 Å². The zero-order valence-electron chi connectivity index (χ0n) is 10.9. The zero-order valence-corrected chi connectivity index (χ0v) is 10.9. The third-order valence-electron chi connectivity index (χ3n) is 3.29. The standard InChI is InChI=1S/C13H23N3/c1-13(2,3)12-11(9-16(4)15-12)7-10-5-6-14-8-10/h9-10,14H,5-8H2,1-4H3. The van der Waals surface area contributed by atoms with E-state index in [1.807, 2.05) is 11.7 Å². The van der Waals surface area contributed by atoms with Crippen LogP contribution in [0, 0.1) is 5.92 Å². The molecule has 1 aromatic rings. The molecule has 0 bridgehead atoms. The maximum atomic E-state index is 4.62. The number of rotatable bonds is 2. The summed E-state index contributed by atoms with van der Waals surface area (Å²) in [7, 11) is 2.02. The van der Waals surface area contributed by atoms with Gasteiger partial charge in [-0.05, 0) is 37.4 Å². The molecule has 90 valence electrons. The van der Waals surface area contributed by atoms with Gasteiger partial charge in [-0.25, -0.2) is 0 Å². The fourth-order valence-corrected chi connectivity index (χ4v) is 2.52. The highest BCUT2D eigenvalue weighted by molar-refractivity contribution is 5.24. The minimum atomic E-state index is 0.155. The third kappa shape index (κ3) is 2.46. The van der Waals surface area contributed by atoms with Crippen LogP contribution in [0.5, 0.6) is 0 Å². The summed E-state index contributed by atoms with van der Waals surface area (Å²) in [4.78, 5) is 0. The topological polar surface area (TPSA) is 29.9 Å². The molecule has 2 rings (SSSR count). The van der Waals surface area contributed by atoms with Crippen LogP contribution in [0.2, 0.25) is 0 Å². The molecule has 3 nitrogen and oxygen atoms in total. The number of nitrogens with one attached hydrogen (secondary N) is 1. The van der Waals surface area contributed by atoms with Crippen LogP contribution in [-0.2, 0) is 18.9 Å². The van der Waals surface area contributed by atoms with E-state index in [-0.39, 0.29) is 5.41 Å². The summed E-state index contributed by atoms with van der Waals surface area (Å²) in [6.45, 7) is 9.07. The van der Waals surface area contributed by atoms with Crippen molar-refractivity contribution in [3.05, 3.63) is 17.5 Å². The zero-order chi connectivity index (χ0) is 11.8. The molecule has 16 heavy (non-hydrogen) atoms. The smallest absolute Gasteiger partial charge is 0.0709 e. The van der Waals surface area contributed by atoms with Crippen LogP contribution in [0.25, 0.3) is 0 Å². The molecule has 1 fully saturated rings. The molecule has 0 aromatic carbocycles. The van der Waals surface area contributed by atoms with Gasteiger partial charge in [-0.3, -0.25) is 4.68 Å². The Labute approximate surface area is 98.2 Å². The molecular weight excluding hydrogens is 198 g/mol. The summed E-state index contributed by atoms with van der Waals surface area (Å²) in [5.41, 5.74) is 2.86. The first-order valence-electron chi connectivity index (χ1n) is 6.20. The summed E-state index contributed by atoms with van der Waals surface area (Å²) in [6, 6.07) is 0. The normalized spacial score (nSPS) is 21.6. The van der Waals surface area contributed by atoms with Crippen LogP contribution < -0.4 is 5.32 Å². The van der Waals surface area contributed by atoms with Gasteiger partial charge in [-0.2, -0.15) is 5.10 Å². The van der Waals surface area contributed by atoms with Gasteiger partial charge in [0.1, 0.15) is 0 Å². The van der Waals surface area contributed by atoms with E-state index in [0.29, 0.717) is 0 Å². The van der Waals surface area contributed by atoms with E-state index >= 15 is 0 Å². The molecule has 0 aliphatic carbocycles. The summed E-state index contributed by atoms with van der Waals surface area (Å²) < 4.78 is 1.96. The lowest BCUT2D eigenvalue weighted by Gasteiger charge is -2.18. The van der Waals surface area contributed by atoms with Crippen LogP contribution in [0.15, 0.2) is 6.20 Å². The molecule has 0 spiro atoms. The van der Waals surface area contributed by atoms with Gasteiger partial charge < -0.3 is 5.32 Å². The van der Waals surface area contributed by atoms with Gasteiger partial charge in [0.25, 0.3) is 0 Å². The Bertz CT molecular complexity index is 354. The Kier molecular flexibility index (Phi) is 3.06. The largest absolute Gasteiger partial charge is 0.316 e. The Morgan fingerprint density at radius 3 is 2.81 bits per heavy atom. The minimum Gasteiger partial charge on any atom is -0.316 e. The fraction of sp³-hybridized carbons (Fsp3) is 0.769. The highest BCUT2D eigenvalue weighted by atomic mass is 15.3. The summed E-state index contributed by atoms with van der Waals surface area (Å²) >= 11 is 0. The quantitative estimate of drug-likeness (QED) is 0.826. The first kappa shape index (κ1) is 11.6. The van der Waals surface area contributed by atoms with E-state index < -0.39 is 0 Å². The van der Waals surface area contributed by atoms with Crippen LogP contribution in [0.3, 0.4) is 0 Å². The van der Waals surface area contributed by atoms with Crippen molar-refractivity contribution in [1.82, 2.24) is 15.1 Å². The molecule has 1 aromatic heterocycles. The Morgan fingerprint density at radius 2 is 2.25 bits per heavy atom. The van der Waals surface area contributed by atoms with Gasteiger partial charge in [0.05, 0.1) is 5.69 Å². The molecule has 1 aliphatic heterocycles. The molecule has 1 unspecified atom stereocenters. The van der Waals surface area contributed by atoms with Gasteiger partial charge >= 0.3 is 0 Å². The number of hydrogen-bond donors (Lipinski definition) is 1. The van der Waals surface area contributed by atoms with Crippen molar-refractivity contribution in [2.24, 2.45) is 13.0 Å². The Morgan fingerprint density at radius 1 is 1.50 bits per heavy atom. The summed E-state index contributed by atoms with van der Waals surface area (Å²) in [5.74, 6) is 0.797. The lowest BCUT2D eigenvalue weighted by atomic mass is 9.86. The predicted octanol–water partition coefficient (Wildman–Crippen LogP) is 1.87. The Balaban J connectivity index is 2.19. The molecular formula is C13H23N3. The van der Waals surface area contributed by atoms with E-state index in [0.717, 1.165) is 5.92 Å². The lowest BCUT2D eigenvalue weighted by Crippen LogP contribution is -2.17. The lowest BCUT2D eigenvalue weighted by molar-refractivity contribution is 0.530. The molecule has 0 radical (unpaired) electrons. The second-order valence-corrected chi connectivity index (χ2v) is 5.99. The van der Waals surface area contributed by atoms with Crippen molar-refractivity contribution in [2.45, 2.75) is 39.0 Å². The van der Waals surface area contributed by atoms with Gasteiger partial charge in [0.2, 0.25) is 0 Å². The highest BCUT2D eigenvalue weighted by Gasteiger charge is 2.24. The number of aromatic nitrogens is 2. The van der Waals surface area contributed by atoms with Crippen LogP contribution in [-0.4, -0.2) is 22.9 Å². The van der Waals surface area contributed by atoms with Crippen molar-refractivity contribution in [3.63, 3.8) is 0 Å². The SMILES string of the molecule is Cn1cc(CC2CCNC2)c(C(C)(C)C)n1. The van der Waals surface area contributed by atoms with Crippen molar-refractivity contribution < 1.29 is 0 Å². The average molecular weight is 221 g/mol. The van der Waals surface area contributed by atoms with Gasteiger partial charge in [0, 0.05) is 18.7 Å². The number of aryl methyl sites for hydroxylation is 1. The van der Waals surface area contributed by atoms with Gasteiger partial charge in [-0.1, -0.05) is 20.8 Å². The van der Waals surface area contributed by atoms with Crippen molar-refractivity contribution in [3.8, 4) is 0 Å². The number of nitrogens with zero attached hydrogens (tertiary/aromatic N) is 2. The molecule has 1 N–H and O–H groups in total. The maximum Gasteiger partial charge on any atom is 0.0709 e. The van der Waals surface area contributed by atoms with E-state index in [4.69, 9.17) is 0 Å². The maximum absolute atomic E-state index is 4.62. The predicted molar refractivity (Wildman–Crippen MR) is 66.6 cm³/mol. The summed E-state index contributed by atoms with van der Waals surface area (Å²) in [5, 5.41) is 8.05.